The molecule has 1 amide bonds. The van der Waals surface area contributed by atoms with Gasteiger partial charge >= 0.3 is 0 Å². The number of rotatable bonds is 2. The Morgan fingerprint density at radius 1 is 1.71 bits per heavy atom. The van der Waals surface area contributed by atoms with Gasteiger partial charge in [-0.1, -0.05) is 11.6 Å². The molecule has 1 unspecified atom stereocenters. The molecule has 1 aliphatic rings. The number of hydrogen-bond donors (Lipinski definition) is 1. The van der Waals surface area contributed by atoms with Crippen molar-refractivity contribution >= 4 is 17.5 Å². The molecule has 5 heteroatoms. The second-order valence-corrected chi connectivity index (χ2v) is 4.69. The number of aliphatic hydroxyl groups excluding tert-OH is 1. The summed E-state index contributed by atoms with van der Waals surface area (Å²) in [7, 11) is 0. The van der Waals surface area contributed by atoms with Gasteiger partial charge in [0.25, 0.3) is 5.91 Å². The first-order valence-corrected chi connectivity index (χ1v) is 6.05. The first-order valence-electron chi connectivity index (χ1n) is 5.67. The van der Waals surface area contributed by atoms with Crippen LogP contribution in [0, 0.1) is 6.92 Å². The molecule has 0 aliphatic carbocycles. The maximum atomic E-state index is 12.2. The molecule has 0 bridgehead atoms. The molecule has 2 heterocycles. The van der Waals surface area contributed by atoms with E-state index in [1.165, 1.54) is 6.20 Å². The predicted molar refractivity (Wildman–Crippen MR) is 65.1 cm³/mol. The number of hydrogen-bond acceptors (Lipinski definition) is 3. The number of halogens is 1. The van der Waals surface area contributed by atoms with Gasteiger partial charge in [0.2, 0.25) is 0 Å². The summed E-state index contributed by atoms with van der Waals surface area (Å²) in [5.74, 6) is -0.140. The summed E-state index contributed by atoms with van der Waals surface area (Å²) < 4.78 is 0. The van der Waals surface area contributed by atoms with Crippen molar-refractivity contribution in [2.75, 3.05) is 13.2 Å². The number of carbonyl (C=O) groups excluding carboxylic acids is 1. The molecule has 1 N–H and O–H groups in total. The summed E-state index contributed by atoms with van der Waals surface area (Å²) in [6, 6.07) is 1.60. The lowest BCUT2D eigenvalue weighted by molar-refractivity contribution is 0.0677. The van der Waals surface area contributed by atoms with Gasteiger partial charge in [-0.15, -0.1) is 0 Å². The number of aliphatic hydroxyl groups is 1. The minimum Gasteiger partial charge on any atom is -0.394 e. The maximum absolute atomic E-state index is 12.2. The highest BCUT2D eigenvalue weighted by molar-refractivity contribution is 6.33. The molecule has 1 aromatic heterocycles. The molecule has 1 fully saturated rings. The average Bonchev–Trinajstić information content (AvgIpc) is 2.76. The van der Waals surface area contributed by atoms with Crippen LogP contribution in [0.4, 0.5) is 0 Å². The summed E-state index contributed by atoms with van der Waals surface area (Å²) in [6.07, 6.45) is 3.28. The van der Waals surface area contributed by atoms with E-state index >= 15 is 0 Å². The number of aromatic nitrogens is 1. The highest BCUT2D eigenvalue weighted by Crippen LogP contribution is 2.23. The molecule has 92 valence electrons. The van der Waals surface area contributed by atoms with E-state index in [1.54, 1.807) is 11.0 Å². The highest BCUT2D eigenvalue weighted by atomic mass is 35.5. The second-order valence-electron chi connectivity index (χ2n) is 4.28. The monoisotopic (exact) mass is 254 g/mol. The molecule has 0 radical (unpaired) electrons. The molecule has 4 nitrogen and oxygen atoms in total. The van der Waals surface area contributed by atoms with Crippen LogP contribution in [0.2, 0.25) is 5.02 Å². The van der Waals surface area contributed by atoms with Gasteiger partial charge in [0, 0.05) is 18.4 Å². The Hall–Kier alpha value is -1.13. The third-order valence-corrected chi connectivity index (χ3v) is 3.38. The number of amides is 1. The smallest absolute Gasteiger partial charge is 0.257 e. The lowest BCUT2D eigenvalue weighted by Crippen LogP contribution is -2.37. The van der Waals surface area contributed by atoms with Crippen LogP contribution in [0.25, 0.3) is 0 Å². The number of pyridine rings is 1. The van der Waals surface area contributed by atoms with Gasteiger partial charge in [-0.05, 0) is 25.8 Å². The Bertz CT molecular complexity index is 437. The van der Waals surface area contributed by atoms with Crippen molar-refractivity contribution in [2.24, 2.45) is 0 Å². The van der Waals surface area contributed by atoms with Crippen molar-refractivity contribution in [3.05, 3.63) is 28.5 Å². The van der Waals surface area contributed by atoms with Crippen molar-refractivity contribution in [2.45, 2.75) is 25.8 Å². The fourth-order valence-corrected chi connectivity index (χ4v) is 2.42. The standard InChI is InChI=1S/C12H15ClN2O2/c1-8-5-11(13)10(6-14-8)12(17)15-4-2-3-9(15)7-16/h5-6,9,16H,2-4,7H2,1H3. The molecule has 17 heavy (non-hydrogen) atoms. The average molecular weight is 255 g/mol. The van der Waals surface area contributed by atoms with Crippen molar-refractivity contribution in [1.82, 2.24) is 9.88 Å². The first kappa shape index (κ1) is 12.3. The third kappa shape index (κ3) is 2.42. The zero-order chi connectivity index (χ0) is 12.4. The van der Waals surface area contributed by atoms with Crippen molar-refractivity contribution in [1.29, 1.82) is 0 Å². The van der Waals surface area contributed by atoms with Gasteiger partial charge in [0.05, 0.1) is 23.2 Å². The van der Waals surface area contributed by atoms with E-state index in [2.05, 4.69) is 4.98 Å². The molecule has 0 saturated carbocycles. The normalized spacial score (nSPS) is 19.7. The van der Waals surface area contributed by atoms with Crippen LogP contribution in [-0.2, 0) is 0 Å². The highest BCUT2D eigenvalue weighted by Gasteiger charge is 2.29. The van der Waals surface area contributed by atoms with E-state index in [9.17, 15) is 9.90 Å². The van der Waals surface area contributed by atoms with E-state index in [-0.39, 0.29) is 18.6 Å². The van der Waals surface area contributed by atoms with E-state index in [0.717, 1.165) is 18.5 Å². The number of carbonyl (C=O) groups is 1. The molecular formula is C12H15ClN2O2. The Kier molecular flexibility index (Phi) is 3.64. The van der Waals surface area contributed by atoms with Crippen LogP contribution in [0.15, 0.2) is 12.3 Å². The van der Waals surface area contributed by atoms with Gasteiger partial charge in [-0.3, -0.25) is 9.78 Å². The molecule has 1 saturated heterocycles. The molecule has 2 rings (SSSR count). The minimum absolute atomic E-state index is 0.00263. The second kappa shape index (κ2) is 5.02. The SMILES string of the molecule is Cc1cc(Cl)c(C(=O)N2CCCC2CO)cn1. The molecule has 1 atom stereocenters. The van der Waals surface area contributed by atoms with Crippen molar-refractivity contribution < 1.29 is 9.90 Å². The van der Waals surface area contributed by atoms with Crippen molar-refractivity contribution in [3.63, 3.8) is 0 Å². The van der Waals surface area contributed by atoms with E-state index < -0.39 is 0 Å². The number of aryl methyl sites for hydroxylation is 1. The summed E-state index contributed by atoms with van der Waals surface area (Å²) in [5, 5.41) is 9.63. The number of likely N-dealkylation sites (tertiary alicyclic amines) is 1. The zero-order valence-corrected chi connectivity index (χ0v) is 10.4. The quantitative estimate of drug-likeness (QED) is 0.873. The largest absolute Gasteiger partial charge is 0.394 e. The van der Waals surface area contributed by atoms with Crippen molar-refractivity contribution in [3.8, 4) is 0 Å². The maximum Gasteiger partial charge on any atom is 0.257 e. The van der Waals surface area contributed by atoms with Crippen LogP contribution in [0.1, 0.15) is 28.9 Å². The summed E-state index contributed by atoms with van der Waals surface area (Å²) in [4.78, 5) is 18.0. The minimum atomic E-state index is -0.140. The lowest BCUT2D eigenvalue weighted by atomic mass is 10.2. The topological polar surface area (TPSA) is 53.4 Å². The van der Waals surface area contributed by atoms with Gasteiger partial charge < -0.3 is 10.0 Å². The van der Waals surface area contributed by atoms with Crippen LogP contribution in [-0.4, -0.2) is 40.1 Å². The van der Waals surface area contributed by atoms with Crippen LogP contribution >= 0.6 is 11.6 Å². The van der Waals surface area contributed by atoms with Crippen LogP contribution in [0.3, 0.4) is 0 Å². The molecule has 0 spiro atoms. The zero-order valence-electron chi connectivity index (χ0n) is 9.69. The molecular weight excluding hydrogens is 240 g/mol. The number of nitrogens with zero attached hydrogens (tertiary/aromatic N) is 2. The Morgan fingerprint density at radius 3 is 3.12 bits per heavy atom. The summed E-state index contributed by atoms with van der Waals surface area (Å²) >= 11 is 6.04. The molecule has 1 aromatic rings. The van der Waals surface area contributed by atoms with Gasteiger partial charge in [0.15, 0.2) is 0 Å². The Morgan fingerprint density at radius 2 is 2.47 bits per heavy atom. The van der Waals surface area contributed by atoms with Gasteiger partial charge in [0.1, 0.15) is 0 Å². The summed E-state index contributed by atoms with van der Waals surface area (Å²) in [5.41, 5.74) is 1.20. The summed E-state index contributed by atoms with van der Waals surface area (Å²) in [6.45, 7) is 2.50. The Labute approximate surface area is 105 Å². The molecule has 1 aliphatic heterocycles. The fourth-order valence-electron chi connectivity index (χ4n) is 2.13. The van der Waals surface area contributed by atoms with Gasteiger partial charge in [-0.25, -0.2) is 0 Å². The van der Waals surface area contributed by atoms with E-state index in [4.69, 9.17) is 11.6 Å². The Balaban J connectivity index is 2.24. The van der Waals surface area contributed by atoms with Crippen LogP contribution < -0.4 is 0 Å². The lowest BCUT2D eigenvalue weighted by Gasteiger charge is -2.23. The van der Waals surface area contributed by atoms with Crippen LogP contribution in [0.5, 0.6) is 0 Å². The van der Waals surface area contributed by atoms with E-state index in [0.29, 0.717) is 17.1 Å². The van der Waals surface area contributed by atoms with Gasteiger partial charge in [-0.2, -0.15) is 0 Å². The van der Waals surface area contributed by atoms with E-state index in [1.807, 2.05) is 6.92 Å². The predicted octanol–water partition coefficient (Wildman–Crippen LogP) is 1.64. The third-order valence-electron chi connectivity index (χ3n) is 3.07. The first-order chi connectivity index (χ1) is 8.13. The fraction of sp³-hybridized carbons (Fsp3) is 0.500. The molecule has 0 aromatic carbocycles.